The number of carbonyl (C=O) groups excluding carboxylic acids is 1. The van der Waals surface area contributed by atoms with Crippen LogP contribution in [0.2, 0.25) is 0 Å². The Morgan fingerprint density at radius 1 is 1.36 bits per heavy atom. The molecule has 3 aromatic heterocycles. The molecule has 0 radical (unpaired) electrons. The number of fused-ring (bicyclic) bond motifs is 1. The summed E-state index contributed by atoms with van der Waals surface area (Å²) in [6.07, 6.45) is 11.0. The molecule has 1 amide bonds. The van der Waals surface area contributed by atoms with Gasteiger partial charge in [-0.05, 0) is 29.7 Å². The van der Waals surface area contributed by atoms with Gasteiger partial charge in [-0.3, -0.25) is 14.5 Å². The topological polar surface area (TPSA) is 79.7 Å². The minimum absolute atomic E-state index is 0.138. The predicted octanol–water partition coefficient (Wildman–Crippen LogP) is 1.65. The Morgan fingerprint density at radius 3 is 2.96 bits per heavy atom. The summed E-state index contributed by atoms with van der Waals surface area (Å²) in [7, 11) is 1.88. The number of aryl methyl sites for hydroxylation is 2. The maximum absolute atomic E-state index is 12.9. The third-order valence-corrected chi connectivity index (χ3v) is 4.65. The van der Waals surface area contributed by atoms with Crippen molar-refractivity contribution in [1.29, 1.82) is 0 Å². The van der Waals surface area contributed by atoms with Crippen molar-refractivity contribution in [3.8, 4) is 0 Å². The lowest BCUT2D eigenvalue weighted by atomic mass is 9.95. The standard InChI is InChI=1S/C18H20N6O/c1-23-11-13(10-22-23)2-3-16(25)24-9-6-15-17(21-12-20-15)18(24)14-4-7-19-8-5-14/h4-5,7-8,10-12,18H,2-3,6,9H2,1H3,(H,20,21)/t18-/m1/s1. The third kappa shape index (κ3) is 3.05. The van der Waals surface area contributed by atoms with E-state index in [1.54, 1.807) is 23.4 Å². The maximum atomic E-state index is 12.9. The van der Waals surface area contributed by atoms with Gasteiger partial charge in [0.15, 0.2) is 0 Å². The fraction of sp³-hybridized carbons (Fsp3) is 0.333. The predicted molar refractivity (Wildman–Crippen MR) is 91.6 cm³/mol. The van der Waals surface area contributed by atoms with Crippen LogP contribution in [0.5, 0.6) is 0 Å². The van der Waals surface area contributed by atoms with Crippen molar-refractivity contribution >= 4 is 5.91 Å². The number of aromatic amines is 1. The van der Waals surface area contributed by atoms with E-state index in [1.165, 1.54) is 0 Å². The molecule has 0 fully saturated rings. The Morgan fingerprint density at radius 2 is 2.20 bits per heavy atom. The van der Waals surface area contributed by atoms with Crippen LogP contribution < -0.4 is 0 Å². The van der Waals surface area contributed by atoms with Crippen molar-refractivity contribution in [1.82, 2.24) is 29.6 Å². The molecular formula is C18H20N6O. The van der Waals surface area contributed by atoms with Crippen molar-refractivity contribution in [2.24, 2.45) is 7.05 Å². The Hall–Kier alpha value is -2.96. The minimum atomic E-state index is -0.153. The second-order valence-corrected chi connectivity index (χ2v) is 6.31. The molecule has 4 rings (SSSR count). The summed E-state index contributed by atoms with van der Waals surface area (Å²) in [6.45, 7) is 0.689. The van der Waals surface area contributed by atoms with Gasteiger partial charge in [0.1, 0.15) is 6.04 Å². The lowest BCUT2D eigenvalue weighted by molar-refractivity contribution is -0.133. The van der Waals surface area contributed by atoms with Gasteiger partial charge in [0.25, 0.3) is 0 Å². The molecule has 7 heteroatoms. The highest BCUT2D eigenvalue weighted by Crippen LogP contribution is 2.33. The van der Waals surface area contributed by atoms with E-state index in [0.717, 1.165) is 28.9 Å². The van der Waals surface area contributed by atoms with Crippen LogP contribution in [0.4, 0.5) is 0 Å². The Labute approximate surface area is 145 Å². The summed E-state index contributed by atoms with van der Waals surface area (Å²) in [5.74, 6) is 0.138. The summed E-state index contributed by atoms with van der Waals surface area (Å²) in [5, 5.41) is 4.16. The number of H-pyrrole nitrogens is 1. The van der Waals surface area contributed by atoms with E-state index < -0.39 is 0 Å². The summed E-state index contributed by atoms with van der Waals surface area (Å²) in [6, 6.07) is 3.76. The Kier molecular flexibility index (Phi) is 4.05. The molecule has 25 heavy (non-hydrogen) atoms. The molecule has 1 N–H and O–H groups in total. The molecule has 0 unspecified atom stereocenters. The van der Waals surface area contributed by atoms with Crippen LogP contribution in [0.15, 0.2) is 43.2 Å². The molecule has 0 aromatic carbocycles. The minimum Gasteiger partial charge on any atom is -0.348 e. The van der Waals surface area contributed by atoms with E-state index in [4.69, 9.17) is 0 Å². The lowest BCUT2D eigenvalue weighted by Gasteiger charge is -2.35. The van der Waals surface area contributed by atoms with Crippen LogP contribution in [-0.4, -0.2) is 42.1 Å². The highest BCUT2D eigenvalue weighted by Gasteiger charge is 2.33. The average molecular weight is 336 g/mol. The molecule has 1 aliphatic heterocycles. The van der Waals surface area contributed by atoms with Crippen molar-refractivity contribution in [2.75, 3.05) is 6.54 Å². The van der Waals surface area contributed by atoms with Crippen LogP contribution in [0, 0.1) is 0 Å². The third-order valence-electron chi connectivity index (χ3n) is 4.65. The highest BCUT2D eigenvalue weighted by atomic mass is 16.2. The summed E-state index contributed by atoms with van der Waals surface area (Å²) >= 11 is 0. The van der Waals surface area contributed by atoms with Crippen molar-refractivity contribution in [3.05, 3.63) is 65.8 Å². The normalized spacial score (nSPS) is 16.7. The number of nitrogens with zero attached hydrogens (tertiary/aromatic N) is 5. The van der Waals surface area contributed by atoms with Crippen LogP contribution in [0.1, 0.15) is 35.0 Å². The van der Waals surface area contributed by atoms with Gasteiger partial charge in [0.05, 0.1) is 18.2 Å². The highest BCUT2D eigenvalue weighted by molar-refractivity contribution is 5.78. The van der Waals surface area contributed by atoms with Gasteiger partial charge < -0.3 is 9.88 Å². The quantitative estimate of drug-likeness (QED) is 0.785. The first-order valence-electron chi connectivity index (χ1n) is 8.41. The SMILES string of the molecule is Cn1cc(CCC(=O)N2CCc3[nH]cnc3[C@H]2c2ccncc2)cn1. The number of rotatable bonds is 4. The molecule has 0 bridgehead atoms. The molecule has 0 saturated heterocycles. The second-order valence-electron chi connectivity index (χ2n) is 6.31. The summed E-state index contributed by atoms with van der Waals surface area (Å²) < 4.78 is 1.76. The van der Waals surface area contributed by atoms with Gasteiger partial charge in [0.2, 0.25) is 5.91 Å². The Balaban J connectivity index is 1.58. The first-order chi connectivity index (χ1) is 12.2. The molecule has 0 aliphatic carbocycles. The van der Waals surface area contributed by atoms with E-state index in [1.807, 2.05) is 36.5 Å². The molecular weight excluding hydrogens is 316 g/mol. The fourth-order valence-electron chi connectivity index (χ4n) is 3.42. The second kappa shape index (κ2) is 6.51. The van der Waals surface area contributed by atoms with E-state index >= 15 is 0 Å². The average Bonchev–Trinajstić information content (AvgIpc) is 3.28. The fourth-order valence-corrected chi connectivity index (χ4v) is 3.42. The number of amides is 1. The largest absolute Gasteiger partial charge is 0.348 e. The van der Waals surface area contributed by atoms with Crippen molar-refractivity contribution in [2.45, 2.75) is 25.3 Å². The zero-order valence-corrected chi connectivity index (χ0v) is 14.1. The van der Waals surface area contributed by atoms with Gasteiger partial charge in [0, 0.05) is 50.7 Å². The first kappa shape index (κ1) is 15.6. The smallest absolute Gasteiger partial charge is 0.223 e. The molecule has 3 aromatic rings. The molecule has 128 valence electrons. The summed E-state index contributed by atoms with van der Waals surface area (Å²) in [5.41, 5.74) is 4.16. The monoisotopic (exact) mass is 336 g/mol. The van der Waals surface area contributed by atoms with Crippen LogP contribution in [0.3, 0.4) is 0 Å². The van der Waals surface area contributed by atoms with Crippen molar-refractivity contribution < 1.29 is 4.79 Å². The molecule has 4 heterocycles. The van der Waals surface area contributed by atoms with Gasteiger partial charge in [-0.2, -0.15) is 5.10 Å². The first-order valence-corrected chi connectivity index (χ1v) is 8.41. The van der Waals surface area contributed by atoms with Gasteiger partial charge in [-0.15, -0.1) is 0 Å². The van der Waals surface area contributed by atoms with Gasteiger partial charge in [-0.25, -0.2) is 4.98 Å². The van der Waals surface area contributed by atoms with E-state index in [-0.39, 0.29) is 11.9 Å². The summed E-state index contributed by atoms with van der Waals surface area (Å²) in [4.78, 5) is 26.7. The lowest BCUT2D eigenvalue weighted by Crippen LogP contribution is -2.40. The van der Waals surface area contributed by atoms with E-state index in [9.17, 15) is 4.79 Å². The molecule has 0 saturated carbocycles. The molecule has 1 atom stereocenters. The van der Waals surface area contributed by atoms with E-state index in [0.29, 0.717) is 19.4 Å². The zero-order valence-electron chi connectivity index (χ0n) is 14.1. The number of aromatic nitrogens is 5. The number of imidazole rings is 1. The van der Waals surface area contributed by atoms with Crippen LogP contribution in [0.25, 0.3) is 0 Å². The van der Waals surface area contributed by atoms with Gasteiger partial charge in [-0.1, -0.05) is 0 Å². The zero-order chi connectivity index (χ0) is 17.2. The van der Waals surface area contributed by atoms with Crippen molar-refractivity contribution in [3.63, 3.8) is 0 Å². The van der Waals surface area contributed by atoms with Crippen LogP contribution >= 0.6 is 0 Å². The maximum Gasteiger partial charge on any atom is 0.223 e. The number of nitrogens with one attached hydrogen (secondary N) is 1. The molecule has 7 nitrogen and oxygen atoms in total. The number of hydrogen-bond donors (Lipinski definition) is 1. The number of pyridine rings is 1. The van der Waals surface area contributed by atoms with Gasteiger partial charge >= 0.3 is 0 Å². The van der Waals surface area contributed by atoms with Crippen LogP contribution in [-0.2, 0) is 24.7 Å². The van der Waals surface area contributed by atoms with E-state index in [2.05, 4.69) is 20.1 Å². The number of carbonyl (C=O) groups is 1. The molecule has 1 aliphatic rings. The Bertz CT molecular complexity index is 869. The molecule has 0 spiro atoms. The number of hydrogen-bond acceptors (Lipinski definition) is 4.